The second kappa shape index (κ2) is 5.17. The van der Waals surface area contributed by atoms with Crippen molar-refractivity contribution in [1.29, 1.82) is 0 Å². The van der Waals surface area contributed by atoms with Crippen LogP contribution in [0.4, 0.5) is 0 Å². The highest BCUT2D eigenvalue weighted by molar-refractivity contribution is 5.09. The van der Waals surface area contributed by atoms with Gasteiger partial charge in [0.15, 0.2) is 0 Å². The molecule has 11 heavy (non-hydrogen) atoms. The maximum absolute atomic E-state index is 2.42. The Morgan fingerprint density at radius 3 is 2.91 bits per heavy atom. The van der Waals surface area contributed by atoms with Crippen molar-refractivity contribution in [2.45, 2.75) is 45.4 Å². The van der Waals surface area contributed by atoms with Crippen LogP contribution in [0.1, 0.15) is 45.4 Å². The second-order valence-electron chi connectivity index (χ2n) is 3.19. The van der Waals surface area contributed by atoms with E-state index in [1.165, 1.54) is 38.5 Å². The molecular weight excluding hydrogens is 132 g/mol. The van der Waals surface area contributed by atoms with E-state index < -0.39 is 0 Å². The molecule has 0 bridgehead atoms. The summed E-state index contributed by atoms with van der Waals surface area (Å²) in [4.78, 5) is 0. The Hall–Kier alpha value is -0.520. The molecule has 62 valence electrons. The van der Waals surface area contributed by atoms with Crippen LogP contribution >= 0.6 is 0 Å². The summed E-state index contributed by atoms with van der Waals surface area (Å²) < 4.78 is 0. The Labute approximate surface area is 70.0 Å². The van der Waals surface area contributed by atoms with Gasteiger partial charge < -0.3 is 0 Å². The molecule has 0 saturated carbocycles. The molecule has 0 unspecified atom stereocenters. The quantitative estimate of drug-likeness (QED) is 0.536. The monoisotopic (exact) mass is 150 g/mol. The summed E-state index contributed by atoms with van der Waals surface area (Å²) in [5.41, 5.74) is 1.65. The van der Waals surface area contributed by atoms with E-state index in [-0.39, 0.29) is 0 Å². The Morgan fingerprint density at radius 2 is 2.27 bits per heavy atom. The fourth-order valence-corrected chi connectivity index (χ4v) is 1.49. The summed E-state index contributed by atoms with van der Waals surface area (Å²) in [6, 6.07) is 0. The minimum atomic E-state index is 1.17. The highest BCUT2D eigenvalue weighted by Crippen LogP contribution is 2.20. The van der Waals surface area contributed by atoms with Crippen molar-refractivity contribution in [3.05, 3.63) is 23.8 Å². The number of hydrogen-bond donors (Lipinski definition) is 0. The van der Waals surface area contributed by atoms with Crippen LogP contribution in [0.3, 0.4) is 0 Å². The molecule has 0 aliphatic heterocycles. The van der Waals surface area contributed by atoms with Gasteiger partial charge in [-0.15, -0.1) is 0 Å². The van der Waals surface area contributed by atoms with Crippen molar-refractivity contribution in [3.8, 4) is 0 Å². The van der Waals surface area contributed by atoms with Gasteiger partial charge in [-0.1, -0.05) is 30.7 Å². The lowest BCUT2D eigenvalue weighted by Crippen LogP contribution is -1.89. The van der Waals surface area contributed by atoms with Gasteiger partial charge in [0, 0.05) is 0 Å². The molecule has 0 aromatic rings. The van der Waals surface area contributed by atoms with Crippen LogP contribution < -0.4 is 0 Å². The zero-order chi connectivity index (χ0) is 7.94. The van der Waals surface area contributed by atoms with Gasteiger partial charge in [-0.2, -0.15) is 0 Å². The lowest BCUT2D eigenvalue weighted by Gasteiger charge is -2.09. The van der Waals surface area contributed by atoms with Crippen LogP contribution in [-0.2, 0) is 0 Å². The summed E-state index contributed by atoms with van der Waals surface area (Å²) in [6.45, 7) is 2.19. The predicted octanol–water partition coefficient (Wildman–Crippen LogP) is 3.84. The molecule has 0 N–H and O–H groups in total. The van der Waals surface area contributed by atoms with E-state index in [1.807, 2.05) is 0 Å². The molecule has 0 radical (unpaired) electrons. The topological polar surface area (TPSA) is 0 Å². The first kappa shape index (κ1) is 8.58. The van der Waals surface area contributed by atoms with E-state index in [4.69, 9.17) is 0 Å². The van der Waals surface area contributed by atoms with Crippen LogP contribution in [0.2, 0.25) is 0 Å². The zero-order valence-corrected chi connectivity index (χ0v) is 7.47. The van der Waals surface area contributed by atoms with Crippen LogP contribution in [0, 0.1) is 0 Å². The Morgan fingerprint density at radius 1 is 1.36 bits per heavy atom. The third kappa shape index (κ3) is 3.41. The smallest absolute Gasteiger partial charge is 0.0139 e. The number of allylic oxidation sites excluding steroid dienone is 4. The molecule has 0 aromatic carbocycles. The third-order valence-corrected chi connectivity index (χ3v) is 2.17. The molecule has 0 nitrogen and oxygen atoms in total. The highest BCUT2D eigenvalue weighted by atomic mass is 14.1. The van der Waals surface area contributed by atoms with Gasteiger partial charge in [0.2, 0.25) is 0 Å². The molecule has 0 spiro atoms. The summed E-state index contributed by atoms with van der Waals surface area (Å²) in [7, 11) is 0. The van der Waals surface area contributed by atoms with E-state index >= 15 is 0 Å². The summed E-state index contributed by atoms with van der Waals surface area (Å²) in [5, 5.41) is 0. The Balaban J connectivity index is 2.24. The van der Waals surface area contributed by atoms with E-state index in [1.54, 1.807) is 5.57 Å². The highest BCUT2D eigenvalue weighted by Gasteiger charge is 2.00. The maximum Gasteiger partial charge on any atom is -0.0139 e. The summed E-state index contributed by atoms with van der Waals surface area (Å²) in [5.74, 6) is 0. The molecular formula is C11H18. The van der Waals surface area contributed by atoms with Crippen LogP contribution in [0.5, 0.6) is 0 Å². The van der Waals surface area contributed by atoms with Gasteiger partial charge in [-0.3, -0.25) is 0 Å². The molecule has 1 aliphatic rings. The minimum absolute atomic E-state index is 1.17. The fourth-order valence-electron chi connectivity index (χ4n) is 1.49. The zero-order valence-electron chi connectivity index (χ0n) is 7.47. The van der Waals surface area contributed by atoms with Gasteiger partial charge in [0.05, 0.1) is 0 Å². The van der Waals surface area contributed by atoms with E-state index in [9.17, 15) is 0 Å². The fraction of sp³-hybridized carbons (Fsp3) is 0.636. The normalized spacial score (nSPS) is 18.8. The molecule has 1 rings (SSSR count). The molecule has 0 aromatic heterocycles. The summed E-state index contributed by atoms with van der Waals surface area (Å²) >= 11 is 0. The first-order valence-electron chi connectivity index (χ1n) is 4.76. The summed E-state index contributed by atoms with van der Waals surface area (Å²) in [6.07, 6.45) is 14.8. The molecule has 0 amide bonds. The average molecular weight is 150 g/mol. The first-order chi connectivity index (χ1) is 5.43. The molecule has 0 heteroatoms. The molecule has 0 heterocycles. The van der Waals surface area contributed by atoms with Crippen molar-refractivity contribution in [3.63, 3.8) is 0 Å². The predicted molar refractivity (Wildman–Crippen MR) is 50.6 cm³/mol. The van der Waals surface area contributed by atoms with Crippen LogP contribution in [-0.4, -0.2) is 0 Å². The first-order valence-corrected chi connectivity index (χ1v) is 4.76. The lowest BCUT2D eigenvalue weighted by atomic mass is 9.97. The van der Waals surface area contributed by atoms with Gasteiger partial charge in [-0.25, -0.2) is 0 Å². The van der Waals surface area contributed by atoms with E-state index in [0.717, 1.165) is 0 Å². The largest absolute Gasteiger partial charge is 0.0885 e. The van der Waals surface area contributed by atoms with Crippen LogP contribution in [0.15, 0.2) is 23.8 Å². The van der Waals surface area contributed by atoms with Crippen molar-refractivity contribution >= 4 is 0 Å². The van der Waals surface area contributed by atoms with Crippen molar-refractivity contribution in [2.24, 2.45) is 0 Å². The second-order valence-corrected chi connectivity index (χ2v) is 3.19. The number of rotatable bonds is 3. The molecule has 0 saturated heterocycles. The van der Waals surface area contributed by atoms with Gasteiger partial charge >= 0.3 is 0 Å². The maximum atomic E-state index is 2.42. The van der Waals surface area contributed by atoms with Gasteiger partial charge in [0.1, 0.15) is 0 Å². The van der Waals surface area contributed by atoms with Crippen molar-refractivity contribution in [1.82, 2.24) is 0 Å². The van der Waals surface area contributed by atoms with E-state index in [2.05, 4.69) is 25.2 Å². The van der Waals surface area contributed by atoms with Crippen LogP contribution in [0.25, 0.3) is 0 Å². The minimum Gasteiger partial charge on any atom is -0.0885 e. The van der Waals surface area contributed by atoms with Gasteiger partial charge in [0.25, 0.3) is 0 Å². The molecule has 0 fully saturated rings. The SMILES string of the molecule is CC/C=C/CC1=CCCCC1. The Bertz CT molecular complexity index is 151. The average Bonchev–Trinajstić information content (AvgIpc) is 2.07. The third-order valence-electron chi connectivity index (χ3n) is 2.17. The van der Waals surface area contributed by atoms with Gasteiger partial charge in [-0.05, 0) is 38.5 Å². The van der Waals surface area contributed by atoms with E-state index in [0.29, 0.717) is 0 Å². The standard InChI is InChI=1S/C11H18/c1-2-3-5-8-11-9-6-4-7-10-11/h3,5,9H,2,4,6-8,10H2,1H3/b5-3+. The van der Waals surface area contributed by atoms with Crippen molar-refractivity contribution in [2.75, 3.05) is 0 Å². The molecule has 1 aliphatic carbocycles. The molecule has 0 atom stereocenters. The Kier molecular flexibility index (Phi) is 4.03. The number of hydrogen-bond acceptors (Lipinski definition) is 0. The lowest BCUT2D eigenvalue weighted by molar-refractivity contribution is 0.691. The van der Waals surface area contributed by atoms with Crippen molar-refractivity contribution < 1.29 is 0 Å².